The van der Waals surface area contributed by atoms with Gasteiger partial charge in [-0.25, -0.2) is 0 Å². The molecule has 0 radical (unpaired) electrons. The van der Waals surface area contributed by atoms with Gasteiger partial charge in [0.15, 0.2) is 0 Å². The maximum absolute atomic E-state index is 6.33. The Bertz CT molecular complexity index is 1150. The van der Waals surface area contributed by atoms with Crippen molar-refractivity contribution in [2.45, 2.75) is 26.2 Å². The summed E-state index contributed by atoms with van der Waals surface area (Å²) < 4.78 is 7.44. The summed E-state index contributed by atoms with van der Waals surface area (Å²) in [6.07, 6.45) is 0. The highest BCUT2D eigenvalue weighted by molar-refractivity contribution is 9.10. The van der Waals surface area contributed by atoms with E-state index in [2.05, 4.69) is 73.1 Å². The molecule has 0 saturated carbocycles. The second-order valence-electron chi connectivity index (χ2n) is 7.26. The molecular formula is C22H17BrO. The monoisotopic (exact) mass is 376 g/mol. The first-order valence-electron chi connectivity index (χ1n) is 8.24. The van der Waals surface area contributed by atoms with E-state index in [4.69, 9.17) is 4.42 Å². The molecule has 4 aromatic rings. The quantitative estimate of drug-likeness (QED) is 0.323. The number of aryl methyl sites for hydroxylation is 1. The lowest BCUT2D eigenvalue weighted by molar-refractivity contribution is 0.652. The van der Waals surface area contributed by atoms with Crippen molar-refractivity contribution in [3.8, 4) is 11.1 Å². The van der Waals surface area contributed by atoms with Gasteiger partial charge >= 0.3 is 0 Å². The lowest BCUT2D eigenvalue weighted by Crippen LogP contribution is -2.15. The smallest absolute Gasteiger partial charge is 0.144 e. The summed E-state index contributed by atoms with van der Waals surface area (Å²) in [5.74, 6) is 0. The summed E-state index contributed by atoms with van der Waals surface area (Å²) in [5.41, 5.74) is 8.50. The van der Waals surface area contributed by atoms with Crippen molar-refractivity contribution in [1.29, 1.82) is 0 Å². The zero-order valence-corrected chi connectivity index (χ0v) is 15.5. The minimum absolute atomic E-state index is 0.0215. The number of furan rings is 1. The largest absolute Gasteiger partial charge is 0.455 e. The molecule has 0 fully saturated rings. The van der Waals surface area contributed by atoms with Crippen LogP contribution in [0.15, 0.2) is 57.4 Å². The molecule has 1 aliphatic carbocycles. The molecule has 0 bridgehead atoms. The Hall–Kier alpha value is -2.06. The summed E-state index contributed by atoms with van der Waals surface area (Å²) in [4.78, 5) is 0. The standard InChI is InChI=1S/C22H17BrO/c1-12-8-9-13-15(10-12)22(2,3)16-11-17(23)20-14-6-4-5-7-18(14)24-21(20)19(13)16/h4-11H,1-3H3. The predicted octanol–water partition coefficient (Wildman–Crippen LogP) is 6.96. The van der Waals surface area contributed by atoms with Crippen molar-refractivity contribution in [1.82, 2.24) is 0 Å². The topological polar surface area (TPSA) is 13.1 Å². The van der Waals surface area contributed by atoms with Crippen LogP contribution in [0.2, 0.25) is 0 Å². The molecule has 5 rings (SSSR count). The number of hydrogen-bond acceptors (Lipinski definition) is 1. The van der Waals surface area contributed by atoms with Gasteiger partial charge in [0.2, 0.25) is 0 Å². The van der Waals surface area contributed by atoms with Crippen molar-refractivity contribution < 1.29 is 4.42 Å². The van der Waals surface area contributed by atoms with Crippen molar-refractivity contribution in [2.75, 3.05) is 0 Å². The highest BCUT2D eigenvalue weighted by Gasteiger charge is 2.38. The Morgan fingerprint density at radius 2 is 1.75 bits per heavy atom. The van der Waals surface area contributed by atoms with Gasteiger partial charge in [0, 0.05) is 26.2 Å². The fraction of sp³-hybridized carbons (Fsp3) is 0.182. The zero-order chi connectivity index (χ0) is 16.6. The molecule has 1 aromatic heterocycles. The Kier molecular flexibility index (Phi) is 2.69. The summed E-state index contributed by atoms with van der Waals surface area (Å²) in [6, 6.07) is 17.3. The van der Waals surface area contributed by atoms with Gasteiger partial charge in [-0.3, -0.25) is 0 Å². The molecule has 0 atom stereocenters. The Morgan fingerprint density at radius 3 is 2.58 bits per heavy atom. The minimum Gasteiger partial charge on any atom is -0.455 e. The molecule has 1 aliphatic rings. The predicted molar refractivity (Wildman–Crippen MR) is 104 cm³/mol. The number of hydrogen-bond donors (Lipinski definition) is 0. The van der Waals surface area contributed by atoms with E-state index in [0.717, 1.165) is 15.6 Å². The molecule has 0 N–H and O–H groups in total. The van der Waals surface area contributed by atoms with E-state index in [1.165, 1.54) is 38.6 Å². The molecule has 24 heavy (non-hydrogen) atoms. The van der Waals surface area contributed by atoms with Crippen LogP contribution in [0.4, 0.5) is 0 Å². The van der Waals surface area contributed by atoms with E-state index in [9.17, 15) is 0 Å². The summed E-state index contributed by atoms with van der Waals surface area (Å²) in [5, 5.41) is 2.34. The first-order chi connectivity index (χ1) is 11.5. The Morgan fingerprint density at radius 1 is 0.958 bits per heavy atom. The summed E-state index contributed by atoms with van der Waals surface area (Å²) in [6.45, 7) is 6.77. The third-order valence-corrected chi connectivity index (χ3v) is 6.02. The molecule has 118 valence electrons. The van der Waals surface area contributed by atoms with Gasteiger partial charge in [0.1, 0.15) is 11.2 Å². The summed E-state index contributed by atoms with van der Waals surface area (Å²) >= 11 is 3.80. The van der Waals surface area contributed by atoms with E-state index in [1.807, 2.05) is 12.1 Å². The van der Waals surface area contributed by atoms with Crippen molar-refractivity contribution in [2.24, 2.45) is 0 Å². The Labute approximate surface area is 149 Å². The molecule has 0 saturated heterocycles. The molecule has 1 nitrogen and oxygen atoms in total. The zero-order valence-electron chi connectivity index (χ0n) is 13.9. The fourth-order valence-corrected chi connectivity index (χ4v) is 4.77. The van der Waals surface area contributed by atoms with Crippen LogP contribution in [-0.2, 0) is 5.41 Å². The lowest BCUT2D eigenvalue weighted by atomic mass is 9.82. The van der Waals surface area contributed by atoms with Crippen LogP contribution in [-0.4, -0.2) is 0 Å². The van der Waals surface area contributed by atoms with Gasteiger partial charge in [-0.2, -0.15) is 0 Å². The van der Waals surface area contributed by atoms with E-state index >= 15 is 0 Å². The fourth-order valence-electron chi connectivity index (χ4n) is 4.15. The van der Waals surface area contributed by atoms with Crippen molar-refractivity contribution in [3.63, 3.8) is 0 Å². The average molecular weight is 377 g/mol. The van der Waals surface area contributed by atoms with Crippen LogP contribution in [0, 0.1) is 6.92 Å². The van der Waals surface area contributed by atoms with Gasteiger partial charge in [0.05, 0.1) is 0 Å². The first-order valence-corrected chi connectivity index (χ1v) is 9.03. The van der Waals surface area contributed by atoms with Crippen molar-refractivity contribution >= 4 is 37.9 Å². The maximum atomic E-state index is 6.33. The number of fused-ring (bicyclic) bond motifs is 7. The molecular weight excluding hydrogens is 360 g/mol. The van der Waals surface area contributed by atoms with Gasteiger partial charge in [0.25, 0.3) is 0 Å². The van der Waals surface area contributed by atoms with E-state index in [0.29, 0.717) is 0 Å². The van der Waals surface area contributed by atoms with Crippen LogP contribution in [0.5, 0.6) is 0 Å². The molecule has 0 spiro atoms. The summed E-state index contributed by atoms with van der Waals surface area (Å²) in [7, 11) is 0. The van der Waals surface area contributed by atoms with Gasteiger partial charge in [-0.15, -0.1) is 0 Å². The van der Waals surface area contributed by atoms with Gasteiger partial charge < -0.3 is 4.42 Å². The molecule has 2 heteroatoms. The molecule has 0 amide bonds. The van der Waals surface area contributed by atoms with Crippen LogP contribution >= 0.6 is 15.9 Å². The highest BCUT2D eigenvalue weighted by Crippen LogP contribution is 2.54. The number of rotatable bonds is 0. The van der Waals surface area contributed by atoms with Crippen LogP contribution in [0.3, 0.4) is 0 Å². The third kappa shape index (κ3) is 1.65. The molecule has 0 aliphatic heterocycles. The van der Waals surface area contributed by atoms with Crippen LogP contribution < -0.4 is 0 Å². The van der Waals surface area contributed by atoms with Gasteiger partial charge in [-0.05, 0) is 35.7 Å². The highest BCUT2D eigenvalue weighted by atomic mass is 79.9. The van der Waals surface area contributed by atoms with Crippen LogP contribution in [0.25, 0.3) is 33.1 Å². The van der Waals surface area contributed by atoms with Crippen LogP contribution in [0.1, 0.15) is 30.5 Å². The second-order valence-corrected chi connectivity index (χ2v) is 8.11. The third-order valence-electron chi connectivity index (χ3n) is 5.39. The minimum atomic E-state index is -0.0215. The van der Waals surface area contributed by atoms with Crippen molar-refractivity contribution in [3.05, 3.63) is 69.7 Å². The number of para-hydroxylation sites is 1. The Balaban J connectivity index is 2.03. The average Bonchev–Trinajstić information content (AvgIpc) is 3.03. The second kappa shape index (κ2) is 4.52. The maximum Gasteiger partial charge on any atom is 0.144 e. The lowest BCUT2D eigenvalue weighted by Gasteiger charge is -2.22. The normalized spacial score (nSPS) is 15.0. The molecule has 0 unspecified atom stereocenters. The number of benzene rings is 3. The van der Waals surface area contributed by atoms with E-state index < -0.39 is 0 Å². The molecule has 1 heterocycles. The SMILES string of the molecule is Cc1ccc2c(c1)C(C)(C)c1cc(Br)c3c(oc4ccccc43)c1-2. The first kappa shape index (κ1) is 14.3. The van der Waals surface area contributed by atoms with E-state index in [-0.39, 0.29) is 5.41 Å². The van der Waals surface area contributed by atoms with E-state index in [1.54, 1.807) is 0 Å². The number of halogens is 1. The van der Waals surface area contributed by atoms with Gasteiger partial charge in [-0.1, -0.05) is 71.7 Å². The molecule has 3 aromatic carbocycles.